The number of hydrogen-bond acceptors (Lipinski definition) is 4. The predicted octanol–water partition coefficient (Wildman–Crippen LogP) is 3.04. The van der Waals surface area contributed by atoms with E-state index in [1.165, 1.54) is 0 Å². The Bertz CT molecular complexity index is 432. The molecule has 0 aliphatic heterocycles. The quantitative estimate of drug-likeness (QED) is 0.319. The van der Waals surface area contributed by atoms with Crippen LogP contribution in [0, 0.1) is 11.8 Å². The molecule has 0 saturated heterocycles. The van der Waals surface area contributed by atoms with Gasteiger partial charge in [0.15, 0.2) is 0 Å². The summed E-state index contributed by atoms with van der Waals surface area (Å²) in [4.78, 5) is 10.5. The standard InChI is InChI=1S/C20H34O5/c1-2-3-6-9-15(21)12-13-17-16(18(22)14-19(17)23)10-7-4-5-8-11-20(24)25/h4,7,12-13,15-19,21-23H,2-3,5-6,8-11,14H2,1H3,(H,24,25)/b7-4-,13-12+/t15-,16+,17+,18-,19?/m0/s1. The molecule has 1 saturated carbocycles. The third-order valence-corrected chi connectivity index (χ3v) is 4.91. The Kier molecular flexibility index (Phi) is 10.7. The number of carboxylic acids is 1. The van der Waals surface area contributed by atoms with Crippen LogP contribution in [-0.2, 0) is 4.79 Å². The highest BCUT2D eigenvalue weighted by Gasteiger charge is 2.39. The Morgan fingerprint density at radius 3 is 2.60 bits per heavy atom. The minimum Gasteiger partial charge on any atom is -0.481 e. The average Bonchev–Trinajstić information content (AvgIpc) is 2.82. The van der Waals surface area contributed by atoms with Gasteiger partial charge in [0, 0.05) is 18.8 Å². The molecule has 0 bridgehead atoms. The van der Waals surface area contributed by atoms with Crippen molar-refractivity contribution in [3.05, 3.63) is 24.3 Å². The minimum absolute atomic E-state index is 0.0650. The monoisotopic (exact) mass is 354 g/mol. The summed E-state index contributed by atoms with van der Waals surface area (Å²) in [6.07, 6.45) is 12.3. The van der Waals surface area contributed by atoms with E-state index in [-0.39, 0.29) is 18.3 Å². The summed E-state index contributed by atoms with van der Waals surface area (Å²) in [5.74, 6) is -1.00. The van der Waals surface area contributed by atoms with E-state index < -0.39 is 24.3 Å². The van der Waals surface area contributed by atoms with Gasteiger partial charge in [0.2, 0.25) is 0 Å². The Morgan fingerprint density at radius 2 is 1.92 bits per heavy atom. The van der Waals surface area contributed by atoms with Crippen LogP contribution in [-0.4, -0.2) is 44.7 Å². The lowest BCUT2D eigenvalue weighted by Gasteiger charge is -2.19. The summed E-state index contributed by atoms with van der Waals surface area (Å²) in [5.41, 5.74) is 0. The number of allylic oxidation sites excluding steroid dienone is 2. The van der Waals surface area contributed by atoms with Gasteiger partial charge in [-0.25, -0.2) is 0 Å². The third-order valence-electron chi connectivity index (χ3n) is 4.91. The average molecular weight is 354 g/mol. The fraction of sp³-hybridized carbons (Fsp3) is 0.750. The minimum atomic E-state index is -0.787. The Morgan fingerprint density at radius 1 is 1.16 bits per heavy atom. The molecule has 5 nitrogen and oxygen atoms in total. The molecular weight excluding hydrogens is 320 g/mol. The van der Waals surface area contributed by atoms with Crippen molar-refractivity contribution in [3.63, 3.8) is 0 Å². The molecular formula is C20H34O5. The van der Waals surface area contributed by atoms with Gasteiger partial charge in [-0.2, -0.15) is 0 Å². The Hall–Kier alpha value is -1.17. The summed E-state index contributed by atoms with van der Waals surface area (Å²) in [6.45, 7) is 2.12. The van der Waals surface area contributed by atoms with Crippen LogP contribution in [0.1, 0.15) is 64.7 Å². The molecule has 1 unspecified atom stereocenters. The molecule has 0 aromatic carbocycles. The summed E-state index contributed by atoms with van der Waals surface area (Å²) in [5, 5.41) is 39.0. The van der Waals surface area contributed by atoms with Gasteiger partial charge in [-0.3, -0.25) is 4.79 Å². The van der Waals surface area contributed by atoms with Crippen LogP contribution >= 0.6 is 0 Å². The maximum atomic E-state index is 10.5. The lowest BCUT2D eigenvalue weighted by atomic mass is 9.89. The van der Waals surface area contributed by atoms with E-state index in [1.807, 2.05) is 18.2 Å². The second kappa shape index (κ2) is 12.2. The molecule has 0 spiro atoms. The summed E-state index contributed by atoms with van der Waals surface area (Å²) in [7, 11) is 0. The molecule has 144 valence electrons. The number of aliphatic hydroxyl groups excluding tert-OH is 3. The normalized spacial score (nSPS) is 28.2. The summed E-state index contributed by atoms with van der Waals surface area (Å²) in [6, 6.07) is 0. The third kappa shape index (κ3) is 8.66. The van der Waals surface area contributed by atoms with Crippen molar-refractivity contribution in [2.24, 2.45) is 11.8 Å². The van der Waals surface area contributed by atoms with Crippen molar-refractivity contribution >= 4 is 5.97 Å². The first-order valence-corrected chi connectivity index (χ1v) is 9.55. The van der Waals surface area contributed by atoms with Gasteiger partial charge in [-0.1, -0.05) is 50.5 Å². The molecule has 4 N–H and O–H groups in total. The molecule has 0 aromatic rings. The molecule has 0 heterocycles. The molecule has 1 rings (SSSR count). The maximum absolute atomic E-state index is 10.5. The van der Waals surface area contributed by atoms with Crippen molar-refractivity contribution in [1.29, 1.82) is 0 Å². The Labute approximate surface area is 151 Å². The van der Waals surface area contributed by atoms with E-state index in [9.17, 15) is 20.1 Å². The van der Waals surface area contributed by atoms with Crippen LogP contribution < -0.4 is 0 Å². The van der Waals surface area contributed by atoms with Crippen LogP contribution in [0.25, 0.3) is 0 Å². The van der Waals surface area contributed by atoms with Gasteiger partial charge in [0.05, 0.1) is 18.3 Å². The van der Waals surface area contributed by atoms with Gasteiger partial charge in [-0.05, 0) is 31.6 Å². The molecule has 5 heteroatoms. The van der Waals surface area contributed by atoms with Gasteiger partial charge in [0.25, 0.3) is 0 Å². The number of rotatable bonds is 12. The van der Waals surface area contributed by atoms with Crippen LogP contribution in [0.5, 0.6) is 0 Å². The van der Waals surface area contributed by atoms with E-state index >= 15 is 0 Å². The van der Waals surface area contributed by atoms with Gasteiger partial charge < -0.3 is 20.4 Å². The molecule has 0 radical (unpaired) electrons. The first-order valence-electron chi connectivity index (χ1n) is 9.55. The summed E-state index contributed by atoms with van der Waals surface area (Å²) < 4.78 is 0. The highest BCUT2D eigenvalue weighted by atomic mass is 16.4. The lowest BCUT2D eigenvalue weighted by Crippen LogP contribution is -2.20. The molecule has 5 atom stereocenters. The largest absolute Gasteiger partial charge is 0.481 e. The smallest absolute Gasteiger partial charge is 0.303 e. The van der Waals surface area contributed by atoms with Crippen molar-refractivity contribution in [2.45, 2.75) is 83.0 Å². The zero-order chi connectivity index (χ0) is 18.7. The number of carboxylic acid groups (broad SMARTS) is 1. The van der Waals surface area contributed by atoms with Crippen molar-refractivity contribution in [3.8, 4) is 0 Å². The zero-order valence-corrected chi connectivity index (χ0v) is 15.3. The maximum Gasteiger partial charge on any atom is 0.303 e. The van der Waals surface area contributed by atoms with Crippen LogP contribution in [0.2, 0.25) is 0 Å². The molecule has 0 aromatic heterocycles. The van der Waals surface area contributed by atoms with Gasteiger partial charge in [-0.15, -0.1) is 0 Å². The number of aliphatic carboxylic acids is 1. The fourth-order valence-corrected chi connectivity index (χ4v) is 3.41. The molecule has 1 aliphatic rings. The molecule has 1 fully saturated rings. The highest BCUT2D eigenvalue weighted by molar-refractivity contribution is 5.66. The SMILES string of the molecule is CCCCC[C@H](O)/C=C/[C@H]1C(O)C[C@H](O)[C@@H]1C/C=C\CCCC(=O)O. The van der Waals surface area contributed by atoms with E-state index in [2.05, 4.69) is 6.92 Å². The molecule has 0 amide bonds. The lowest BCUT2D eigenvalue weighted by molar-refractivity contribution is -0.137. The predicted molar refractivity (Wildman–Crippen MR) is 98.1 cm³/mol. The van der Waals surface area contributed by atoms with Crippen LogP contribution in [0.4, 0.5) is 0 Å². The van der Waals surface area contributed by atoms with Crippen molar-refractivity contribution < 1.29 is 25.2 Å². The van der Waals surface area contributed by atoms with Crippen LogP contribution in [0.3, 0.4) is 0 Å². The highest BCUT2D eigenvalue weighted by Crippen LogP contribution is 2.36. The van der Waals surface area contributed by atoms with E-state index in [0.29, 0.717) is 25.7 Å². The number of hydrogen-bond donors (Lipinski definition) is 4. The van der Waals surface area contributed by atoms with Crippen LogP contribution in [0.15, 0.2) is 24.3 Å². The van der Waals surface area contributed by atoms with E-state index in [4.69, 9.17) is 5.11 Å². The number of aliphatic hydroxyl groups is 3. The molecule has 25 heavy (non-hydrogen) atoms. The Balaban J connectivity index is 2.46. The van der Waals surface area contributed by atoms with Gasteiger partial charge >= 0.3 is 5.97 Å². The van der Waals surface area contributed by atoms with Gasteiger partial charge in [0.1, 0.15) is 0 Å². The first-order chi connectivity index (χ1) is 12.0. The first kappa shape index (κ1) is 21.9. The number of carbonyl (C=O) groups is 1. The topological polar surface area (TPSA) is 98.0 Å². The second-order valence-corrected chi connectivity index (χ2v) is 7.05. The van der Waals surface area contributed by atoms with E-state index in [1.54, 1.807) is 6.08 Å². The number of unbranched alkanes of at least 4 members (excludes halogenated alkanes) is 3. The second-order valence-electron chi connectivity index (χ2n) is 7.05. The van der Waals surface area contributed by atoms with Crippen molar-refractivity contribution in [1.82, 2.24) is 0 Å². The fourth-order valence-electron chi connectivity index (χ4n) is 3.41. The van der Waals surface area contributed by atoms with E-state index in [0.717, 1.165) is 25.7 Å². The molecule has 1 aliphatic carbocycles. The summed E-state index contributed by atoms with van der Waals surface area (Å²) >= 11 is 0. The van der Waals surface area contributed by atoms with Crippen molar-refractivity contribution in [2.75, 3.05) is 0 Å². The zero-order valence-electron chi connectivity index (χ0n) is 15.3.